The molecule has 1 aliphatic heterocycles. The number of amides is 2. The molecule has 0 aliphatic carbocycles. The van der Waals surface area contributed by atoms with E-state index in [0.29, 0.717) is 5.69 Å². The van der Waals surface area contributed by atoms with Gasteiger partial charge in [-0.3, -0.25) is 4.90 Å². The summed E-state index contributed by atoms with van der Waals surface area (Å²) < 4.78 is 25.7. The molecule has 2 N–H and O–H groups in total. The molecular formula is C23H25N3O3S2. The van der Waals surface area contributed by atoms with Gasteiger partial charge in [-0.2, -0.15) is 0 Å². The van der Waals surface area contributed by atoms with Gasteiger partial charge in [0.25, 0.3) is 0 Å². The molecule has 2 heterocycles. The lowest BCUT2D eigenvalue weighted by Crippen LogP contribution is -2.31. The van der Waals surface area contributed by atoms with Crippen LogP contribution < -0.4 is 10.6 Å². The first-order valence-corrected chi connectivity index (χ1v) is 12.5. The number of nitrogens with zero attached hydrogens (tertiary/aromatic N) is 1. The van der Waals surface area contributed by atoms with Crippen LogP contribution in [0.2, 0.25) is 0 Å². The maximum absolute atomic E-state index is 12.8. The minimum Gasteiger partial charge on any atom is -0.331 e. The number of carbonyl (C=O) groups excluding carboxylic acids is 1. The summed E-state index contributed by atoms with van der Waals surface area (Å²) in [6.07, 6.45) is 0. The van der Waals surface area contributed by atoms with Gasteiger partial charge in [0.05, 0.1) is 16.7 Å². The largest absolute Gasteiger partial charge is 0.331 e. The molecule has 0 fully saturated rings. The van der Waals surface area contributed by atoms with Gasteiger partial charge in [0.1, 0.15) is 0 Å². The first kappa shape index (κ1) is 21.5. The average molecular weight is 456 g/mol. The second kappa shape index (κ2) is 8.82. The van der Waals surface area contributed by atoms with Crippen molar-refractivity contribution in [3.8, 4) is 0 Å². The van der Waals surface area contributed by atoms with Gasteiger partial charge in [0.15, 0.2) is 9.84 Å². The highest BCUT2D eigenvalue weighted by Gasteiger charge is 2.22. The Kier molecular flexibility index (Phi) is 6.13. The zero-order valence-corrected chi connectivity index (χ0v) is 19.1. The summed E-state index contributed by atoms with van der Waals surface area (Å²) in [4.78, 5) is 16.9. The predicted octanol–water partition coefficient (Wildman–Crippen LogP) is 4.55. The first-order valence-electron chi connectivity index (χ1n) is 10.0. The Morgan fingerprint density at radius 3 is 2.48 bits per heavy atom. The Balaban J connectivity index is 1.37. The van der Waals surface area contributed by atoms with Gasteiger partial charge in [-0.05, 0) is 55.4 Å². The van der Waals surface area contributed by atoms with Crippen LogP contribution in [0.3, 0.4) is 0 Å². The van der Waals surface area contributed by atoms with Gasteiger partial charge in [-0.25, -0.2) is 13.2 Å². The third-order valence-electron chi connectivity index (χ3n) is 5.25. The average Bonchev–Trinajstić information content (AvgIpc) is 3.25. The summed E-state index contributed by atoms with van der Waals surface area (Å²) in [5, 5.41) is 5.63. The maximum Gasteiger partial charge on any atom is 0.319 e. The van der Waals surface area contributed by atoms with Crippen molar-refractivity contribution in [3.05, 3.63) is 81.5 Å². The normalized spacial score (nSPS) is 14.8. The van der Waals surface area contributed by atoms with E-state index in [2.05, 4.69) is 22.6 Å². The lowest BCUT2D eigenvalue weighted by Gasteiger charge is -2.15. The zero-order valence-electron chi connectivity index (χ0n) is 17.5. The molecule has 162 valence electrons. The smallest absolute Gasteiger partial charge is 0.319 e. The number of thiophene rings is 1. The minimum absolute atomic E-state index is 0.00374. The van der Waals surface area contributed by atoms with E-state index in [9.17, 15) is 13.2 Å². The molecule has 0 radical (unpaired) electrons. The van der Waals surface area contributed by atoms with Gasteiger partial charge in [0, 0.05) is 28.5 Å². The highest BCUT2D eigenvalue weighted by molar-refractivity contribution is 7.90. The van der Waals surface area contributed by atoms with Crippen molar-refractivity contribution in [1.82, 2.24) is 10.2 Å². The second-order valence-corrected chi connectivity index (χ2v) is 11.1. The molecule has 2 amide bonds. The number of rotatable bonds is 6. The fraction of sp³-hybridized carbons (Fsp3) is 0.261. The molecule has 2 aromatic carbocycles. The van der Waals surface area contributed by atoms with E-state index in [4.69, 9.17) is 0 Å². The summed E-state index contributed by atoms with van der Waals surface area (Å²) in [6.45, 7) is 3.66. The van der Waals surface area contributed by atoms with Crippen LogP contribution in [-0.4, -0.2) is 26.4 Å². The van der Waals surface area contributed by atoms with E-state index in [-0.39, 0.29) is 22.7 Å². The quantitative estimate of drug-likeness (QED) is 0.572. The summed E-state index contributed by atoms with van der Waals surface area (Å²) >= 11 is 1.58. The van der Waals surface area contributed by atoms with Gasteiger partial charge >= 0.3 is 6.03 Å². The molecule has 31 heavy (non-hydrogen) atoms. The molecule has 1 atom stereocenters. The Morgan fingerprint density at radius 2 is 1.81 bits per heavy atom. The molecule has 3 aromatic rings. The Hall–Kier alpha value is -2.68. The maximum atomic E-state index is 12.8. The van der Waals surface area contributed by atoms with Crippen molar-refractivity contribution in [3.63, 3.8) is 0 Å². The number of carbonyl (C=O) groups is 1. The molecule has 0 saturated carbocycles. The molecule has 0 saturated heterocycles. The number of fused-ring (bicyclic) bond motifs is 1. The topological polar surface area (TPSA) is 78.5 Å². The van der Waals surface area contributed by atoms with Crippen molar-refractivity contribution in [1.29, 1.82) is 0 Å². The fourth-order valence-electron chi connectivity index (χ4n) is 3.66. The van der Waals surface area contributed by atoms with Crippen LogP contribution in [0.5, 0.6) is 0 Å². The van der Waals surface area contributed by atoms with Gasteiger partial charge in [0.2, 0.25) is 0 Å². The molecule has 0 bridgehead atoms. The predicted molar refractivity (Wildman–Crippen MR) is 124 cm³/mol. The summed E-state index contributed by atoms with van der Waals surface area (Å²) in [5.41, 5.74) is 2.77. The van der Waals surface area contributed by atoms with Crippen molar-refractivity contribution >= 4 is 32.9 Å². The van der Waals surface area contributed by atoms with E-state index < -0.39 is 9.84 Å². The van der Waals surface area contributed by atoms with E-state index in [1.165, 1.54) is 10.4 Å². The van der Waals surface area contributed by atoms with Gasteiger partial charge in [-0.1, -0.05) is 30.3 Å². The number of sulfone groups is 1. The summed E-state index contributed by atoms with van der Waals surface area (Å²) in [6, 6.07) is 17.5. The number of hydrogen-bond donors (Lipinski definition) is 2. The number of anilines is 1. The van der Waals surface area contributed by atoms with Crippen LogP contribution in [0.25, 0.3) is 0 Å². The van der Waals surface area contributed by atoms with Crippen LogP contribution in [0.4, 0.5) is 10.5 Å². The Bertz CT molecular complexity index is 1150. The van der Waals surface area contributed by atoms with Crippen molar-refractivity contribution in [2.24, 2.45) is 0 Å². The van der Waals surface area contributed by atoms with Crippen LogP contribution in [-0.2, 0) is 28.7 Å². The van der Waals surface area contributed by atoms with Crippen LogP contribution in [0.15, 0.2) is 65.6 Å². The lowest BCUT2D eigenvalue weighted by molar-refractivity contribution is 0.249. The Labute approximate surface area is 186 Å². The molecule has 1 unspecified atom stereocenters. The standard InChI is InChI=1S/C23H25N3O3S2/c1-16(17-6-4-3-5-7-17)24-23(27)25-19-8-10-21(11-9-19)31(28,29)15-20-12-18-13-26(2)14-22(18)30-20/h3-12,16H,13-15H2,1-2H3,(H2,24,25,27). The Morgan fingerprint density at radius 1 is 1.10 bits per heavy atom. The van der Waals surface area contributed by atoms with E-state index in [0.717, 1.165) is 23.5 Å². The third-order valence-corrected chi connectivity index (χ3v) is 8.28. The first-order chi connectivity index (χ1) is 14.8. The molecule has 6 nitrogen and oxygen atoms in total. The van der Waals surface area contributed by atoms with Crippen molar-refractivity contribution in [2.75, 3.05) is 12.4 Å². The monoisotopic (exact) mass is 455 g/mol. The van der Waals surface area contributed by atoms with Crippen LogP contribution >= 0.6 is 11.3 Å². The molecule has 8 heteroatoms. The van der Waals surface area contributed by atoms with Gasteiger partial charge < -0.3 is 10.6 Å². The molecule has 1 aromatic heterocycles. The number of benzene rings is 2. The molecule has 4 rings (SSSR count). The van der Waals surface area contributed by atoms with Crippen molar-refractivity contribution < 1.29 is 13.2 Å². The van der Waals surface area contributed by atoms with Crippen molar-refractivity contribution in [2.45, 2.75) is 36.7 Å². The molecule has 0 spiro atoms. The van der Waals surface area contributed by atoms with Gasteiger partial charge in [-0.15, -0.1) is 11.3 Å². The second-order valence-electron chi connectivity index (χ2n) is 7.85. The van der Waals surface area contributed by atoms with Crippen LogP contribution in [0.1, 0.15) is 33.8 Å². The molecule has 1 aliphatic rings. The zero-order chi connectivity index (χ0) is 22.0. The summed E-state index contributed by atoms with van der Waals surface area (Å²) in [5.74, 6) is -0.00374. The van der Waals surface area contributed by atoms with E-state index in [1.54, 1.807) is 35.6 Å². The van der Waals surface area contributed by atoms with E-state index >= 15 is 0 Å². The molecular weight excluding hydrogens is 430 g/mol. The third kappa shape index (κ3) is 5.15. The van der Waals surface area contributed by atoms with Crippen LogP contribution in [0, 0.1) is 0 Å². The minimum atomic E-state index is -3.45. The SMILES string of the molecule is CC(NC(=O)Nc1ccc(S(=O)(=O)Cc2cc3c(s2)CN(C)C3)cc1)c1ccccc1. The van der Waals surface area contributed by atoms with E-state index in [1.807, 2.05) is 43.3 Å². The summed E-state index contributed by atoms with van der Waals surface area (Å²) in [7, 11) is -1.39. The lowest BCUT2D eigenvalue weighted by atomic mass is 10.1. The highest BCUT2D eigenvalue weighted by atomic mass is 32.2. The number of nitrogens with one attached hydrogen (secondary N) is 2. The fourth-order valence-corrected chi connectivity index (χ4v) is 6.60. The highest BCUT2D eigenvalue weighted by Crippen LogP contribution is 2.32. The number of urea groups is 1. The number of hydrogen-bond acceptors (Lipinski definition) is 5.